The summed E-state index contributed by atoms with van der Waals surface area (Å²) in [7, 11) is -3.46. The summed E-state index contributed by atoms with van der Waals surface area (Å²) in [5, 5.41) is 0. The number of hydrogen-bond donors (Lipinski definition) is 1. The lowest BCUT2D eigenvalue weighted by Gasteiger charge is -2.31. The molecule has 1 aliphatic heterocycles. The van der Waals surface area contributed by atoms with Gasteiger partial charge in [0.1, 0.15) is 0 Å². The van der Waals surface area contributed by atoms with Gasteiger partial charge in [-0.1, -0.05) is 82.4 Å². The first-order chi connectivity index (χ1) is 14.0. The van der Waals surface area contributed by atoms with E-state index < -0.39 is 10.0 Å². The first-order valence-electron chi connectivity index (χ1n) is 11.8. The van der Waals surface area contributed by atoms with Gasteiger partial charge in [-0.2, -0.15) is 0 Å². The summed E-state index contributed by atoms with van der Waals surface area (Å²) in [5.41, 5.74) is 1.08. The van der Waals surface area contributed by atoms with E-state index in [0.29, 0.717) is 4.90 Å². The monoisotopic (exact) mass is 422 g/mol. The molecule has 1 aromatic rings. The lowest BCUT2D eigenvalue weighted by atomic mass is 10.0. The molecule has 1 unspecified atom stereocenters. The van der Waals surface area contributed by atoms with Crippen molar-refractivity contribution in [3.63, 3.8) is 0 Å². The molecule has 1 N–H and O–H groups in total. The fourth-order valence-corrected chi connectivity index (χ4v) is 5.43. The van der Waals surface area contributed by atoms with E-state index >= 15 is 0 Å². The number of rotatable bonds is 14. The van der Waals surface area contributed by atoms with Crippen LogP contribution < -0.4 is 4.72 Å². The fraction of sp³-hybridized carbons (Fsp3) is 0.750. The van der Waals surface area contributed by atoms with Crippen LogP contribution in [0.25, 0.3) is 0 Å². The highest BCUT2D eigenvalue weighted by molar-refractivity contribution is 7.89. The van der Waals surface area contributed by atoms with E-state index in [1.165, 1.54) is 64.2 Å². The Balaban J connectivity index is 1.85. The Kier molecular flexibility index (Phi) is 11.3. The van der Waals surface area contributed by atoms with Crippen LogP contribution >= 0.6 is 0 Å². The minimum atomic E-state index is -3.46. The molecular formula is C24H42N2O2S. The average molecular weight is 423 g/mol. The third kappa shape index (κ3) is 9.63. The molecule has 29 heavy (non-hydrogen) atoms. The maximum absolute atomic E-state index is 12.9. The predicted octanol–water partition coefficient (Wildman–Crippen LogP) is 5.66. The number of nitrogens with zero attached hydrogens (tertiary/aromatic N) is 1. The number of aryl methyl sites for hydroxylation is 1. The highest BCUT2D eigenvalue weighted by Gasteiger charge is 2.22. The van der Waals surface area contributed by atoms with Crippen LogP contribution in [0.2, 0.25) is 0 Å². The van der Waals surface area contributed by atoms with Gasteiger partial charge in [0.2, 0.25) is 10.0 Å². The van der Waals surface area contributed by atoms with Gasteiger partial charge in [-0.3, -0.25) is 0 Å². The molecule has 1 atom stereocenters. The molecule has 0 saturated carbocycles. The smallest absolute Gasteiger partial charge is 0.240 e. The van der Waals surface area contributed by atoms with Crippen molar-refractivity contribution in [2.75, 3.05) is 19.6 Å². The highest BCUT2D eigenvalue weighted by Crippen LogP contribution is 2.16. The molecule has 0 spiro atoms. The molecule has 1 aromatic carbocycles. The van der Waals surface area contributed by atoms with E-state index in [1.54, 1.807) is 12.1 Å². The zero-order valence-electron chi connectivity index (χ0n) is 18.7. The topological polar surface area (TPSA) is 49.4 Å². The number of nitrogens with one attached hydrogen (secondary N) is 1. The Bertz CT molecular complexity index is 652. The SMILES string of the molecule is CCCCCCCCCCC(CN1CCCCC1)NS(=O)(=O)c1ccc(C)cc1. The second-order valence-corrected chi connectivity index (χ2v) is 10.5. The van der Waals surface area contributed by atoms with Crippen molar-refractivity contribution in [2.24, 2.45) is 0 Å². The summed E-state index contributed by atoms with van der Waals surface area (Å²) in [4.78, 5) is 2.82. The normalized spacial score (nSPS) is 16.8. The first-order valence-corrected chi connectivity index (χ1v) is 13.3. The Morgan fingerprint density at radius 1 is 0.897 bits per heavy atom. The molecule has 1 aliphatic rings. The van der Waals surface area contributed by atoms with Crippen molar-refractivity contribution in [3.8, 4) is 0 Å². The van der Waals surface area contributed by atoms with E-state index in [1.807, 2.05) is 19.1 Å². The molecule has 0 aromatic heterocycles. The van der Waals surface area contributed by atoms with Gasteiger partial charge in [-0.25, -0.2) is 13.1 Å². The van der Waals surface area contributed by atoms with Crippen molar-refractivity contribution >= 4 is 10.0 Å². The molecular weight excluding hydrogens is 380 g/mol. The van der Waals surface area contributed by atoms with Crippen LogP contribution in [0.15, 0.2) is 29.2 Å². The number of likely N-dealkylation sites (tertiary alicyclic amines) is 1. The van der Waals surface area contributed by atoms with Crippen LogP contribution in [-0.4, -0.2) is 39.0 Å². The summed E-state index contributed by atoms with van der Waals surface area (Å²) in [6.45, 7) is 7.26. The molecule has 1 saturated heterocycles. The van der Waals surface area contributed by atoms with E-state index in [4.69, 9.17) is 0 Å². The molecule has 0 amide bonds. The molecule has 5 heteroatoms. The van der Waals surface area contributed by atoms with Crippen molar-refractivity contribution in [3.05, 3.63) is 29.8 Å². The van der Waals surface area contributed by atoms with Crippen LogP contribution in [0.5, 0.6) is 0 Å². The largest absolute Gasteiger partial charge is 0.302 e. The summed E-state index contributed by atoms with van der Waals surface area (Å²) >= 11 is 0. The van der Waals surface area contributed by atoms with Crippen LogP contribution in [0.3, 0.4) is 0 Å². The zero-order chi connectivity index (χ0) is 21.0. The van der Waals surface area contributed by atoms with E-state index in [-0.39, 0.29) is 6.04 Å². The van der Waals surface area contributed by atoms with Gasteiger partial charge in [0.05, 0.1) is 4.90 Å². The van der Waals surface area contributed by atoms with Crippen LogP contribution in [-0.2, 0) is 10.0 Å². The van der Waals surface area contributed by atoms with E-state index in [2.05, 4.69) is 16.5 Å². The van der Waals surface area contributed by atoms with Gasteiger partial charge >= 0.3 is 0 Å². The second-order valence-electron chi connectivity index (χ2n) is 8.76. The maximum Gasteiger partial charge on any atom is 0.240 e. The first kappa shape index (κ1) is 24.4. The highest BCUT2D eigenvalue weighted by atomic mass is 32.2. The Hall–Kier alpha value is -0.910. The van der Waals surface area contributed by atoms with Gasteiger partial charge < -0.3 is 4.90 Å². The van der Waals surface area contributed by atoms with Crippen molar-refractivity contribution in [2.45, 2.75) is 102 Å². The summed E-state index contributed by atoms with van der Waals surface area (Å²) in [5.74, 6) is 0. The third-order valence-electron chi connectivity index (χ3n) is 5.99. The summed E-state index contributed by atoms with van der Waals surface area (Å²) in [6, 6.07) is 7.16. The quantitative estimate of drug-likeness (QED) is 0.394. The van der Waals surface area contributed by atoms with Gasteiger partial charge in [0.15, 0.2) is 0 Å². The molecule has 1 heterocycles. The number of sulfonamides is 1. The Morgan fingerprint density at radius 3 is 2.10 bits per heavy atom. The number of benzene rings is 1. The zero-order valence-corrected chi connectivity index (χ0v) is 19.5. The fourth-order valence-electron chi connectivity index (χ4n) is 4.17. The molecule has 1 fully saturated rings. The number of unbranched alkanes of at least 4 members (excludes halogenated alkanes) is 7. The molecule has 2 rings (SSSR count). The lowest BCUT2D eigenvalue weighted by Crippen LogP contribution is -2.45. The maximum atomic E-state index is 12.9. The molecule has 4 nitrogen and oxygen atoms in total. The summed E-state index contributed by atoms with van der Waals surface area (Å²) in [6.07, 6.45) is 14.9. The van der Waals surface area contributed by atoms with Crippen LogP contribution in [0, 0.1) is 6.92 Å². The minimum Gasteiger partial charge on any atom is -0.302 e. The van der Waals surface area contributed by atoms with Gasteiger partial charge in [-0.15, -0.1) is 0 Å². The molecule has 166 valence electrons. The third-order valence-corrected chi connectivity index (χ3v) is 7.52. The van der Waals surface area contributed by atoms with E-state index in [0.717, 1.165) is 38.0 Å². The van der Waals surface area contributed by atoms with Crippen LogP contribution in [0.1, 0.15) is 89.5 Å². The molecule has 0 bridgehead atoms. The average Bonchev–Trinajstić information content (AvgIpc) is 2.71. The Labute approximate surface area is 179 Å². The molecule has 0 radical (unpaired) electrons. The summed E-state index contributed by atoms with van der Waals surface area (Å²) < 4.78 is 28.8. The number of hydrogen-bond acceptors (Lipinski definition) is 3. The Morgan fingerprint density at radius 2 is 1.48 bits per heavy atom. The van der Waals surface area contributed by atoms with Gasteiger partial charge in [0, 0.05) is 12.6 Å². The molecule has 0 aliphatic carbocycles. The predicted molar refractivity (Wildman–Crippen MR) is 123 cm³/mol. The van der Waals surface area contributed by atoms with Crippen molar-refractivity contribution in [1.29, 1.82) is 0 Å². The van der Waals surface area contributed by atoms with Crippen LogP contribution in [0.4, 0.5) is 0 Å². The van der Waals surface area contributed by atoms with Gasteiger partial charge in [0.25, 0.3) is 0 Å². The second kappa shape index (κ2) is 13.4. The van der Waals surface area contributed by atoms with Crippen molar-refractivity contribution in [1.82, 2.24) is 9.62 Å². The van der Waals surface area contributed by atoms with Gasteiger partial charge in [-0.05, 0) is 51.4 Å². The van der Waals surface area contributed by atoms with E-state index in [9.17, 15) is 8.42 Å². The standard InChI is InChI=1S/C24H42N2O2S/c1-3-4-5-6-7-8-9-11-14-23(21-26-19-12-10-13-20-26)25-29(27,28)24-17-15-22(2)16-18-24/h15-18,23,25H,3-14,19-21H2,1-2H3. The minimum absolute atomic E-state index is 0.000468. The number of piperidine rings is 1. The lowest BCUT2D eigenvalue weighted by molar-refractivity contribution is 0.207. The van der Waals surface area contributed by atoms with Crippen molar-refractivity contribution < 1.29 is 8.42 Å².